The Morgan fingerprint density at radius 1 is 1.22 bits per heavy atom. The minimum absolute atomic E-state index is 0.0656. The summed E-state index contributed by atoms with van der Waals surface area (Å²) in [4.78, 5) is 12.0. The van der Waals surface area contributed by atoms with Crippen molar-refractivity contribution in [3.8, 4) is 0 Å². The largest absolute Gasteiger partial charge is 0.352 e. The van der Waals surface area contributed by atoms with E-state index in [1.165, 1.54) is 32.1 Å². The molecule has 3 heteroatoms. The lowest BCUT2D eigenvalue weighted by molar-refractivity contribution is 0.0949. The molecule has 1 fully saturated rings. The van der Waals surface area contributed by atoms with Gasteiger partial charge in [-0.1, -0.05) is 44.2 Å². The maximum atomic E-state index is 12.0. The lowest BCUT2D eigenvalue weighted by Gasteiger charge is -2.21. The first-order valence-corrected chi connectivity index (χ1v) is 7.88. The van der Waals surface area contributed by atoms with Crippen LogP contribution in [0.15, 0.2) is 24.3 Å². The molecule has 1 aliphatic carbocycles. The molecule has 0 saturated heterocycles. The smallest absolute Gasteiger partial charge is 0.252 e. The van der Waals surface area contributed by atoms with Gasteiger partial charge in [0.2, 0.25) is 0 Å². The number of carbonyl (C=O) groups excluding carboxylic acids is 1. The molecule has 1 saturated carbocycles. The van der Waals surface area contributed by atoms with Gasteiger partial charge in [0.15, 0.2) is 0 Å². The highest BCUT2D eigenvalue weighted by Crippen LogP contribution is 2.25. The summed E-state index contributed by atoms with van der Waals surface area (Å²) in [5.74, 6) is 0.893. The average Bonchev–Trinajstić information content (AvgIpc) is 2.40. The third-order valence-electron chi connectivity index (χ3n) is 3.68. The molecule has 0 aliphatic heterocycles. The van der Waals surface area contributed by atoms with Gasteiger partial charge in [-0.25, -0.2) is 0 Å². The summed E-state index contributed by atoms with van der Waals surface area (Å²) in [5, 5.41) is 3.04. The molecule has 0 unspecified atom stereocenters. The third kappa shape index (κ3) is 3.97. The van der Waals surface area contributed by atoms with Crippen LogP contribution >= 0.6 is 22.6 Å². The van der Waals surface area contributed by atoms with Crippen LogP contribution in [0.3, 0.4) is 0 Å². The molecule has 0 atom stereocenters. The molecule has 2 nitrogen and oxygen atoms in total. The maximum absolute atomic E-state index is 12.0. The average molecular weight is 357 g/mol. The van der Waals surface area contributed by atoms with E-state index < -0.39 is 0 Å². The Balaban J connectivity index is 1.76. The Bertz CT molecular complexity index is 399. The summed E-state index contributed by atoms with van der Waals surface area (Å²) in [5.41, 5.74) is 0.793. The first kappa shape index (κ1) is 13.8. The minimum Gasteiger partial charge on any atom is -0.352 e. The van der Waals surface area contributed by atoms with Gasteiger partial charge in [0.05, 0.1) is 5.56 Å². The van der Waals surface area contributed by atoms with E-state index in [4.69, 9.17) is 0 Å². The van der Waals surface area contributed by atoms with Crippen molar-refractivity contribution in [1.29, 1.82) is 0 Å². The number of amides is 1. The van der Waals surface area contributed by atoms with Crippen LogP contribution < -0.4 is 5.32 Å². The summed E-state index contributed by atoms with van der Waals surface area (Å²) in [6.45, 7) is 0.814. The highest BCUT2D eigenvalue weighted by atomic mass is 127. The standard InChI is InChI=1S/C15H20INO/c16-14-9-5-4-8-13(14)15(18)17-11-10-12-6-2-1-3-7-12/h4-5,8-9,12H,1-3,6-7,10-11H2,(H,17,18). The van der Waals surface area contributed by atoms with Crippen LogP contribution in [0.4, 0.5) is 0 Å². The predicted octanol–water partition coefficient (Wildman–Crippen LogP) is 3.99. The quantitative estimate of drug-likeness (QED) is 0.812. The molecule has 2 rings (SSSR count). The van der Waals surface area contributed by atoms with Crippen LogP contribution in [0.25, 0.3) is 0 Å². The van der Waals surface area contributed by atoms with E-state index in [1.54, 1.807) is 0 Å². The Morgan fingerprint density at radius 2 is 1.94 bits per heavy atom. The number of halogens is 1. The summed E-state index contributed by atoms with van der Waals surface area (Å²) in [6.07, 6.45) is 7.96. The SMILES string of the molecule is O=C(NCCC1CCCCC1)c1ccccc1I. The van der Waals surface area contributed by atoms with Gasteiger partial charge in [0.25, 0.3) is 5.91 Å². The molecule has 0 heterocycles. The fourth-order valence-electron chi connectivity index (χ4n) is 2.61. The van der Waals surface area contributed by atoms with Gasteiger partial charge < -0.3 is 5.32 Å². The summed E-state index contributed by atoms with van der Waals surface area (Å²) in [6, 6.07) is 7.73. The van der Waals surface area contributed by atoms with Gasteiger partial charge in [-0.3, -0.25) is 4.79 Å². The molecule has 0 radical (unpaired) electrons. The van der Waals surface area contributed by atoms with E-state index >= 15 is 0 Å². The lowest BCUT2D eigenvalue weighted by atomic mass is 9.87. The van der Waals surface area contributed by atoms with Gasteiger partial charge in [0.1, 0.15) is 0 Å². The Hall–Kier alpha value is -0.580. The van der Waals surface area contributed by atoms with Crippen molar-refractivity contribution in [2.75, 3.05) is 6.54 Å². The van der Waals surface area contributed by atoms with Crippen molar-refractivity contribution in [3.63, 3.8) is 0 Å². The first-order chi connectivity index (χ1) is 8.77. The van der Waals surface area contributed by atoms with Gasteiger partial charge in [-0.05, 0) is 47.1 Å². The summed E-state index contributed by atoms with van der Waals surface area (Å²) >= 11 is 2.21. The van der Waals surface area contributed by atoms with Crippen LogP contribution in [0, 0.1) is 9.49 Å². The third-order valence-corrected chi connectivity index (χ3v) is 4.62. The molecule has 0 aromatic heterocycles. The molecular formula is C15H20INO. The monoisotopic (exact) mass is 357 g/mol. The molecule has 1 N–H and O–H groups in total. The number of nitrogens with one attached hydrogen (secondary N) is 1. The van der Waals surface area contributed by atoms with Gasteiger partial charge >= 0.3 is 0 Å². The number of hydrogen-bond acceptors (Lipinski definition) is 1. The topological polar surface area (TPSA) is 29.1 Å². The van der Waals surface area contributed by atoms with Crippen molar-refractivity contribution < 1.29 is 4.79 Å². The van der Waals surface area contributed by atoms with E-state index in [-0.39, 0.29) is 5.91 Å². The predicted molar refractivity (Wildman–Crippen MR) is 82.7 cm³/mol. The molecule has 98 valence electrons. The Kier molecular flexibility index (Phi) is 5.47. The Labute approximate surface area is 123 Å². The van der Waals surface area contributed by atoms with Gasteiger partial charge in [-0.2, -0.15) is 0 Å². The lowest BCUT2D eigenvalue weighted by Crippen LogP contribution is -2.27. The fraction of sp³-hybridized carbons (Fsp3) is 0.533. The van der Waals surface area contributed by atoms with E-state index in [0.717, 1.165) is 28.0 Å². The van der Waals surface area contributed by atoms with E-state index in [0.29, 0.717) is 0 Å². The second-order valence-electron chi connectivity index (χ2n) is 5.03. The molecule has 1 aromatic carbocycles. The molecular weight excluding hydrogens is 337 g/mol. The van der Waals surface area contributed by atoms with Crippen LogP contribution in [0.2, 0.25) is 0 Å². The van der Waals surface area contributed by atoms with Crippen LogP contribution in [-0.4, -0.2) is 12.5 Å². The fourth-order valence-corrected chi connectivity index (χ4v) is 3.24. The number of hydrogen-bond donors (Lipinski definition) is 1. The molecule has 18 heavy (non-hydrogen) atoms. The molecule has 1 aromatic rings. The zero-order valence-electron chi connectivity index (χ0n) is 10.6. The highest BCUT2D eigenvalue weighted by Gasteiger charge is 2.14. The first-order valence-electron chi connectivity index (χ1n) is 6.80. The Morgan fingerprint density at radius 3 is 2.67 bits per heavy atom. The molecule has 1 amide bonds. The van der Waals surface area contributed by atoms with Gasteiger partial charge in [0, 0.05) is 10.1 Å². The molecule has 0 bridgehead atoms. The van der Waals surface area contributed by atoms with E-state index in [1.807, 2.05) is 24.3 Å². The van der Waals surface area contributed by atoms with Crippen LogP contribution in [0.1, 0.15) is 48.9 Å². The van der Waals surface area contributed by atoms with Gasteiger partial charge in [-0.15, -0.1) is 0 Å². The number of benzene rings is 1. The number of carbonyl (C=O) groups is 1. The van der Waals surface area contributed by atoms with E-state index in [2.05, 4.69) is 27.9 Å². The second kappa shape index (κ2) is 7.12. The molecule has 1 aliphatic rings. The molecule has 0 spiro atoms. The zero-order valence-corrected chi connectivity index (χ0v) is 12.8. The van der Waals surface area contributed by atoms with Crippen molar-refractivity contribution in [2.24, 2.45) is 5.92 Å². The van der Waals surface area contributed by atoms with Crippen LogP contribution in [-0.2, 0) is 0 Å². The summed E-state index contributed by atoms with van der Waals surface area (Å²) < 4.78 is 1.02. The van der Waals surface area contributed by atoms with Crippen LogP contribution in [0.5, 0.6) is 0 Å². The van der Waals surface area contributed by atoms with Crippen molar-refractivity contribution in [3.05, 3.63) is 33.4 Å². The normalized spacial score (nSPS) is 16.5. The highest BCUT2D eigenvalue weighted by molar-refractivity contribution is 14.1. The zero-order chi connectivity index (χ0) is 12.8. The summed E-state index contributed by atoms with van der Waals surface area (Å²) in [7, 11) is 0. The maximum Gasteiger partial charge on any atom is 0.252 e. The van der Waals surface area contributed by atoms with Crippen molar-refractivity contribution >= 4 is 28.5 Å². The number of rotatable bonds is 4. The second-order valence-corrected chi connectivity index (χ2v) is 6.19. The van der Waals surface area contributed by atoms with Crippen molar-refractivity contribution in [1.82, 2.24) is 5.32 Å². The minimum atomic E-state index is 0.0656. The van der Waals surface area contributed by atoms with E-state index in [9.17, 15) is 4.79 Å². The van der Waals surface area contributed by atoms with Crippen molar-refractivity contribution in [2.45, 2.75) is 38.5 Å².